The molecule has 0 aliphatic carbocycles. The van der Waals surface area contributed by atoms with Crippen LogP contribution >= 0.6 is 0 Å². The van der Waals surface area contributed by atoms with E-state index in [0.717, 1.165) is 25.9 Å². The van der Waals surface area contributed by atoms with Gasteiger partial charge in [0.15, 0.2) is 0 Å². The van der Waals surface area contributed by atoms with Crippen molar-refractivity contribution < 1.29 is 0 Å². The van der Waals surface area contributed by atoms with Crippen molar-refractivity contribution in [3.05, 3.63) is 84.4 Å². The van der Waals surface area contributed by atoms with Gasteiger partial charge >= 0.3 is 0 Å². The molecule has 2 rings (SSSR count). The Balaban J connectivity index is 2.15. The summed E-state index contributed by atoms with van der Waals surface area (Å²) in [6, 6.07) is 23.0. The van der Waals surface area contributed by atoms with E-state index in [2.05, 4.69) is 41.8 Å². The number of nitriles is 1. The van der Waals surface area contributed by atoms with E-state index >= 15 is 0 Å². The lowest BCUT2D eigenvalue weighted by molar-refractivity contribution is 0.208. The van der Waals surface area contributed by atoms with Crippen molar-refractivity contribution in [1.82, 2.24) is 4.90 Å². The second-order valence-corrected chi connectivity index (χ2v) is 5.39. The van der Waals surface area contributed by atoms with Crippen LogP contribution in [0.5, 0.6) is 0 Å². The molecule has 0 saturated heterocycles. The summed E-state index contributed by atoms with van der Waals surface area (Å²) in [6.07, 6.45) is 3.56. The molecule has 0 saturated carbocycles. The summed E-state index contributed by atoms with van der Waals surface area (Å²) in [5.41, 5.74) is 2.47. The van der Waals surface area contributed by atoms with Gasteiger partial charge < -0.3 is 0 Å². The van der Waals surface area contributed by atoms with Gasteiger partial charge in [0, 0.05) is 13.1 Å². The summed E-state index contributed by atoms with van der Waals surface area (Å²) < 4.78 is 0. The molecule has 0 radical (unpaired) electrons. The molecule has 1 unspecified atom stereocenters. The van der Waals surface area contributed by atoms with Crippen LogP contribution in [0.2, 0.25) is 0 Å². The van der Waals surface area contributed by atoms with E-state index in [-0.39, 0.29) is 6.04 Å². The highest BCUT2D eigenvalue weighted by Gasteiger charge is 2.18. The molecule has 2 aromatic carbocycles. The van der Waals surface area contributed by atoms with Gasteiger partial charge in [-0.05, 0) is 24.0 Å². The molecule has 1 atom stereocenters. The van der Waals surface area contributed by atoms with Crippen LogP contribution in [0.25, 0.3) is 0 Å². The van der Waals surface area contributed by atoms with Gasteiger partial charge in [-0.1, -0.05) is 66.7 Å². The third-order valence-electron chi connectivity index (χ3n) is 3.69. The van der Waals surface area contributed by atoms with Crippen molar-refractivity contribution in [3.8, 4) is 6.07 Å². The molecule has 2 aromatic rings. The zero-order valence-electron chi connectivity index (χ0n) is 12.9. The minimum Gasteiger partial charge on any atom is -0.279 e. The van der Waals surface area contributed by atoms with Gasteiger partial charge in [-0.15, -0.1) is 6.58 Å². The molecule has 0 bridgehead atoms. The van der Waals surface area contributed by atoms with E-state index in [4.69, 9.17) is 0 Å². The van der Waals surface area contributed by atoms with Gasteiger partial charge in [0.1, 0.15) is 0 Å². The first kappa shape index (κ1) is 16.0. The van der Waals surface area contributed by atoms with Crippen LogP contribution in [0.1, 0.15) is 24.0 Å². The number of hydrogen-bond donors (Lipinski definition) is 0. The van der Waals surface area contributed by atoms with E-state index in [1.807, 2.05) is 42.5 Å². The molecule has 112 valence electrons. The van der Waals surface area contributed by atoms with Crippen LogP contribution in [0.4, 0.5) is 0 Å². The number of hydrogen-bond acceptors (Lipinski definition) is 2. The Labute approximate surface area is 133 Å². The van der Waals surface area contributed by atoms with Crippen molar-refractivity contribution in [1.29, 1.82) is 5.26 Å². The second-order valence-electron chi connectivity index (χ2n) is 5.39. The second kappa shape index (κ2) is 8.81. The number of rotatable bonds is 8. The Morgan fingerprint density at radius 1 is 0.955 bits per heavy atom. The summed E-state index contributed by atoms with van der Waals surface area (Å²) in [4.78, 5) is 2.24. The predicted octanol–water partition coefficient (Wildman–Crippen LogP) is 4.55. The molecule has 0 heterocycles. The Hall–Kier alpha value is -2.37. The lowest BCUT2D eigenvalue weighted by Gasteiger charge is -2.27. The average molecular weight is 290 g/mol. The first-order valence-electron chi connectivity index (χ1n) is 7.66. The SMILES string of the molecule is C=CCCC(C#N)N(Cc1ccccc1)Cc1ccccc1. The minimum absolute atomic E-state index is 0.0987. The Morgan fingerprint density at radius 2 is 1.45 bits per heavy atom. The Bertz CT molecular complexity index is 557. The van der Waals surface area contributed by atoms with E-state index in [9.17, 15) is 5.26 Å². The fourth-order valence-corrected chi connectivity index (χ4v) is 2.52. The van der Waals surface area contributed by atoms with E-state index in [1.54, 1.807) is 0 Å². The van der Waals surface area contributed by atoms with Gasteiger partial charge in [0.25, 0.3) is 0 Å². The number of nitrogens with zero attached hydrogens (tertiary/aromatic N) is 2. The standard InChI is InChI=1S/C20H22N2/c1-2-3-14-20(15-21)22(16-18-10-6-4-7-11-18)17-19-12-8-5-9-13-19/h2,4-13,20H,1,3,14,16-17H2. The molecule has 0 aliphatic rings. The summed E-state index contributed by atoms with van der Waals surface area (Å²) in [5, 5.41) is 9.55. The molecule has 0 fully saturated rings. The van der Waals surface area contributed by atoms with Crippen LogP contribution < -0.4 is 0 Å². The predicted molar refractivity (Wildman–Crippen MR) is 91.0 cm³/mol. The Kier molecular flexibility index (Phi) is 6.41. The van der Waals surface area contributed by atoms with Crippen LogP contribution in [0.15, 0.2) is 73.3 Å². The van der Waals surface area contributed by atoms with Crippen molar-refractivity contribution in [2.24, 2.45) is 0 Å². The van der Waals surface area contributed by atoms with Gasteiger partial charge in [0.05, 0.1) is 12.1 Å². The van der Waals surface area contributed by atoms with E-state index < -0.39 is 0 Å². The lowest BCUT2D eigenvalue weighted by atomic mass is 10.1. The first-order valence-corrected chi connectivity index (χ1v) is 7.66. The number of allylic oxidation sites excluding steroid dienone is 1. The zero-order chi connectivity index (χ0) is 15.6. The van der Waals surface area contributed by atoms with Crippen LogP contribution in [-0.2, 0) is 13.1 Å². The average Bonchev–Trinajstić information content (AvgIpc) is 2.57. The molecule has 22 heavy (non-hydrogen) atoms. The number of benzene rings is 2. The summed E-state index contributed by atoms with van der Waals surface area (Å²) >= 11 is 0. The Morgan fingerprint density at radius 3 is 1.86 bits per heavy atom. The van der Waals surface area contributed by atoms with Crippen molar-refractivity contribution >= 4 is 0 Å². The van der Waals surface area contributed by atoms with Gasteiger partial charge in [-0.3, -0.25) is 4.90 Å². The molecule has 0 aliphatic heterocycles. The molecular formula is C20H22N2. The maximum absolute atomic E-state index is 9.55. The minimum atomic E-state index is -0.0987. The molecule has 2 nitrogen and oxygen atoms in total. The molecule has 0 spiro atoms. The maximum Gasteiger partial charge on any atom is 0.0986 e. The smallest absolute Gasteiger partial charge is 0.0986 e. The maximum atomic E-state index is 9.55. The fraction of sp³-hybridized carbons (Fsp3) is 0.250. The quantitative estimate of drug-likeness (QED) is 0.667. The lowest BCUT2D eigenvalue weighted by Crippen LogP contribution is -2.33. The van der Waals surface area contributed by atoms with Crippen molar-refractivity contribution in [2.75, 3.05) is 0 Å². The van der Waals surface area contributed by atoms with E-state index in [1.165, 1.54) is 11.1 Å². The monoisotopic (exact) mass is 290 g/mol. The normalized spacial score (nSPS) is 11.8. The van der Waals surface area contributed by atoms with Crippen molar-refractivity contribution in [2.45, 2.75) is 32.0 Å². The van der Waals surface area contributed by atoms with Crippen LogP contribution in [0.3, 0.4) is 0 Å². The highest BCUT2D eigenvalue weighted by molar-refractivity contribution is 5.18. The topological polar surface area (TPSA) is 27.0 Å². The third-order valence-corrected chi connectivity index (χ3v) is 3.69. The largest absolute Gasteiger partial charge is 0.279 e. The molecule has 0 N–H and O–H groups in total. The molecule has 2 heteroatoms. The van der Waals surface area contributed by atoms with Crippen LogP contribution in [0, 0.1) is 11.3 Å². The van der Waals surface area contributed by atoms with Gasteiger partial charge in [-0.25, -0.2) is 0 Å². The zero-order valence-corrected chi connectivity index (χ0v) is 12.9. The molecular weight excluding hydrogens is 268 g/mol. The van der Waals surface area contributed by atoms with Gasteiger partial charge in [-0.2, -0.15) is 5.26 Å². The summed E-state index contributed by atoms with van der Waals surface area (Å²) in [6.45, 7) is 5.33. The molecule has 0 aromatic heterocycles. The summed E-state index contributed by atoms with van der Waals surface area (Å²) in [7, 11) is 0. The van der Waals surface area contributed by atoms with Crippen LogP contribution in [-0.4, -0.2) is 10.9 Å². The highest BCUT2D eigenvalue weighted by atomic mass is 15.1. The first-order chi connectivity index (χ1) is 10.8. The summed E-state index contributed by atoms with van der Waals surface area (Å²) in [5.74, 6) is 0. The van der Waals surface area contributed by atoms with E-state index in [0.29, 0.717) is 0 Å². The third kappa shape index (κ3) is 4.87. The fourth-order valence-electron chi connectivity index (χ4n) is 2.52. The molecule has 0 amide bonds. The highest BCUT2D eigenvalue weighted by Crippen LogP contribution is 2.16. The van der Waals surface area contributed by atoms with Crippen molar-refractivity contribution in [3.63, 3.8) is 0 Å². The van der Waals surface area contributed by atoms with Gasteiger partial charge in [0.2, 0.25) is 0 Å².